The lowest BCUT2D eigenvalue weighted by Crippen LogP contribution is -2.23. The largest absolute Gasteiger partial charge is 0.398 e. The van der Waals surface area contributed by atoms with E-state index in [0.717, 1.165) is 25.2 Å². The maximum absolute atomic E-state index is 8.94. The first-order valence-corrected chi connectivity index (χ1v) is 6.83. The minimum absolute atomic E-state index is 0.532. The van der Waals surface area contributed by atoms with E-state index < -0.39 is 0 Å². The van der Waals surface area contributed by atoms with Gasteiger partial charge in [0.1, 0.15) is 6.07 Å². The smallest absolute Gasteiger partial charge is 0.101 e. The van der Waals surface area contributed by atoms with Crippen molar-refractivity contribution in [1.29, 1.82) is 5.26 Å². The molecule has 102 valence electrons. The SMILES string of the molecule is CCCN(Cc1ccccc1)c1ccc(C#N)c(N)c1. The Morgan fingerprint density at radius 2 is 1.90 bits per heavy atom. The third-order valence-corrected chi connectivity index (χ3v) is 3.23. The molecule has 0 aliphatic heterocycles. The van der Waals surface area contributed by atoms with Crippen LogP contribution in [0.3, 0.4) is 0 Å². The minimum Gasteiger partial charge on any atom is -0.398 e. The van der Waals surface area contributed by atoms with Crippen molar-refractivity contribution in [2.24, 2.45) is 0 Å². The molecule has 0 saturated carbocycles. The van der Waals surface area contributed by atoms with Crippen molar-refractivity contribution >= 4 is 11.4 Å². The van der Waals surface area contributed by atoms with Crippen molar-refractivity contribution < 1.29 is 0 Å². The summed E-state index contributed by atoms with van der Waals surface area (Å²) in [5.41, 5.74) is 9.31. The summed E-state index contributed by atoms with van der Waals surface area (Å²) in [6.07, 6.45) is 1.06. The molecule has 0 amide bonds. The van der Waals surface area contributed by atoms with Crippen molar-refractivity contribution in [3.05, 3.63) is 59.7 Å². The van der Waals surface area contributed by atoms with Gasteiger partial charge in [-0.15, -0.1) is 0 Å². The number of hydrogen-bond donors (Lipinski definition) is 1. The Bertz CT molecular complexity index is 599. The summed E-state index contributed by atoms with van der Waals surface area (Å²) in [5, 5.41) is 8.94. The highest BCUT2D eigenvalue weighted by atomic mass is 15.1. The minimum atomic E-state index is 0.532. The van der Waals surface area contributed by atoms with Gasteiger partial charge in [-0.25, -0.2) is 0 Å². The van der Waals surface area contributed by atoms with Crippen molar-refractivity contribution in [1.82, 2.24) is 0 Å². The van der Waals surface area contributed by atoms with Crippen molar-refractivity contribution in [3.63, 3.8) is 0 Å². The Morgan fingerprint density at radius 1 is 1.15 bits per heavy atom. The molecule has 0 unspecified atom stereocenters. The average molecular weight is 265 g/mol. The molecule has 0 fully saturated rings. The first-order valence-electron chi connectivity index (χ1n) is 6.83. The molecule has 20 heavy (non-hydrogen) atoms. The zero-order valence-corrected chi connectivity index (χ0v) is 11.7. The van der Waals surface area contributed by atoms with Gasteiger partial charge in [0.15, 0.2) is 0 Å². The summed E-state index contributed by atoms with van der Waals surface area (Å²) in [6.45, 7) is 3.96. The molecule has 0 bridgehead atoms. The Kier molecular flexibility index (Phi) is 4.62. The van der Waals surface area contributed by atoms with Gasteiger partial charge in [0.2, 0.25) is 0 Å². The second-order valence-electron chi connectivity index (χ2n) is 4.79. The lowest BCUT2D eigenvalue weighted by Gasteiger charge is -2.25. The molecule has 2 rings (SSSR count). The molecule has 0 saturated heterocycles. The molecule has 0 aromatic heterocycles. The van der Waals surface area contributed by atoms with E-state index >= 15 is 0 Å². The summed E-state index contributed by atoms with van der Waals surface area (Å²) in [6, 6.07) is 18.1. The molecule has 2 N–H and O–H groups in total. The van der Waals surface area contributed by atoms with Crippen molar-refractivity contribution in [2.45, 2.75) is 19.9 Å². The maximum Gasteiger partial charge on any atom is 0.101 e. The van der Waals surface area contributed by atoms with Crippen LogP contribution in [-0.2, 0) is 6.54 Å². The predicted molar refractivity (Wildman–Crippen MR) is 83.4 cm³/mol. The summed E-state index contributed by atoms with van der Waals surface area (Å²) >= 11 is 0. The van der Waals surface area contributed by atoms with Gasteiger partial charge in [0.05, 0.1) is 11.3 Å². The Labute approximate surface area is 120 Å². The second-order valence-corrected chi connectivity index (χ2v) is 4.79. The number of nitrogens with two attached hydrogens (primary N) is 1. The topological polar surface area (TPSA) is 53.0 Å². The standard InChI is InChI=1S/C17H19N3/c1-2-10-20(13-14-6-4-3-5-7-14)16-9-8-15(12-18)17(19)11-16/h3-9,11H,2,10,13,19H2,1H3. The molecule has 2 aromatic carbocycles. The number of nitriles is 1. The summed E-state index contributed by atoms with van der Waals surface area (Å²) in [4.78, 5) is 2.28. The molecule has 0 spiro atoms. The van der Waals surface area contributed by atoms with E-state index in [2.05, 4.69) is 30.0 Å². The van der Waals surface area contributed by atoms with E-state index in [4.69, 9.17) is 11.0 Å². The average Bonchev–Trinajstić information content (AvgIpc) is 2.48. The van der Waals surface area contributed by atoms with E-state index in [9.17, 15) is 0 Å². The van der Waals surface area contributed by atoms with Crippen LogP contribution < -0.4 is 10.6 Å². The number of nitrogens with zero attached hydrogens (tertiary/aromatic N) is 2. The van der Waals surface area contributed by atoms with Crippen LogP contribution >= 0.6 is 0 Å². The highest BCUT2D eigenvalue weighted by molar-refractivity contribution is 5.63. The molecule has 2 aromatic rings. The highest BCUT2D eigenvalue weighted by Gasteiger charge is 2.08. The van der Waals surface area contributed by atoms with Crippen molar-refractivity contribution in [3.8, 4) is 6.07 Å². The van der Waals surface area contributed by atoms with Gasteiger partial charge in [0, 0.05) is 18.8 Å². The van der Waals surface area contributed by atoms with Crippen LogP contribution in [0, 0.1) is 11.3 Å². The van der Waals surface area contributed by atoms with Gasteiger partial charge >= 0.3 is 0 Å². The fraction of sp³-hybridized carbons (Fsp3) is 0.235. The molecule has 3 nitrogen and oxygen atoms in total. The quantitative estimate of drug-likeness (QED) is 0.841. The Morgan fingerprint density at radius 3 is 2.50 bits per heavy atom. The van der Waals surface area contributed by atoms with Crippen LogP contribution in [0.2, 0.25) is 0 Å². The molecule has 0 aliphatic carbocycles. The Balaban J connectivity index is 2.24. The first kappa shape index (κ1) is 14.0. The zero-order chi connectivity index (χ0) is 14.4. The maximum atomic E-state index is 8.94. The summed E-state index contributed by atoms with van der Waals surface area (Å²) in [7, 11) is 0. The van der Waals surface area contributed by atoms with Crippen LogP contribution in [0.25, 0.3) is 0 Å². The molecule has 0 aliphatic rings. The van der Waals surface area contributed by atoms with Crippen LogP contribution in [0.4, 0.5) is 11.4 Å². The molecule has 3 heteroatoms. The summed E-state index contributed by atoms with van der Waals surface area (Å²) < 4.78 is 0. The second kappa shape index (κ2) is 6.63. The number of benzene rings is 2. The van der Waals surface area contributed by atoms with Gasteiger partial charge in [-0.1, -0.05) is 37.3 Å². The van der Waals surface area contributed by atoms with E-state index in [0.29, 0.717) is 11.3 Å². The highest BCUT2D eigenvalue weighted by Crippen LogP contribution is 2.23. The van der Waals surface area contributed by atoms with E-state index in [1.807, 2.05) is 30.3 Å². The monoisotopic (exact) mass is 265 g/mol. The Hall–Kier alpha value is -2.47. The van der Waals surface area contributed by atoms with Gasteiger partial charge in [-0.3, -0.25) is 0 Å². The van der Waals surface area contributed by atoms with Gasteiger partial charge in [-0.2, -0.15) is 5.26 Å². The fourth-order valence-electron chi connectivity index (χ4n) is 2.22. The number of nitrogen functional groups attached to an aromatic ring is 1. The normalized spacial score (nSPS) is 10.0. The predicted octanol–water partition coefficient (Wildman–Crippen LogP) is 3.56. The third-order valence-electron chi connectivity index (χ3n) is 3.23. The number of anilines is 2. The van der Waals surface area contributed by atoms with Crippen LogP contribution in [-0.4, -0.2) is 6.54 Å². The molecule has 0 radical (unpaired) electrons. The molecule has 0 atom stereocenters. The van der Waals surface area contributed by atoms with E-state index in [1.54, 1.807) is 6.07 Å². The van der Waals surface area contributed by atoms with E-state index in [1.165, 1.54) is 5.56 Å². The van der Waals surface area contributed by atoms with Gasteiger partial charge in [-0.05, 0) is 30.2 Å². The van der Waals surface area contributed by atoms with Crippen LogP contribution in [0.15, 0.2) is 48.5 Å². The number of rotatable bonds is 5. The van der Waals surface area contributed by atoms with Crippen molar-refractivity contribution in [2.75, 3.05) is 17.2 Å². The first-order chi connectivity index (χ1) is 9.74. The van der Waals surface area contributed by atoms with Crippen LogP contribution in [0.5, 0.6) is 0 Å². The lowest BCUT2D eigenvalue weighted by molar-refractivity contribution is 0.767. The fourth-order valence-corrected chi connectivity index (χ4v) is 2.22. The van der Waals surface area contributed by atoms with Crippen LogP contribution in [0.1, 0.15) is 24.5 Å². The molecular formula is C17H19N3. The lowest BCUT2D eigenvalue weighted by atomic mass is 10.1. The summed E-state index contributed by atoms with van der Waals surface area (Å²) in [5.74, 6) is 0. The van der Waals surface area contributed by atoms with E-state index in [-0.39, 0.29) is 0 Å². The molecular weight excluding hydrogens is 246 g/mol. The van der Waals surface area contributed by atoms with Gasteiger partial charge in [0.25, 0.3) is 0 Å². The number of hydrogen-bond acceptors (Lipinski definition) is 3. The third kappa shape index (κ3) is 3.30. The van der Waals surface area contributed by atoms with Gasteiger partial charge < -0.3 is 10.6 Å². The molecule has 0 heterocycles. The zero-order valence-electron chi connectivity index (χ0n) is 11.7.